The number of nitrogens with zero attached hydrogens (tertiary/aromatic N) is 3. The molecule has 3 nitrogen and oxygen atoms in total. The third-order valence-corrected chi connectivity index (χ3v) is 2.70. The van der Waals surface area contributed by atoms with Gasteiger partial charge in [0, 0.05) is 6.42 Å². The molecular weight excluding hydrogens is 241 g/mol. The Bertz CT molecular complexity index is 510. The maximum atomic E-state index is 13.2. The number of halogens is 2. The standard InChI is InChI=1S/C12H13ClFN3/c1-2-4-11-15-16-12(8-13)17(11)10-6-3-5-9(14)7-10/h3,5-7H,2,4,8H2,1H3. The molecule has 0 N–H and O–H groups in total. The molecule has 0 spiro atoms. The van der Waals surface area contributed by atoms with Gasteiger partial charge >= 0.3 is 0 Å². The van der Waals surface area contributed by atoms with Crippen molar-refractivity contribution >= 4 is 11.6 Å². The van der Waals surface area contributed by atoms with Gasteiger partial charge in [-0.1, -0.05) is 13.0 Å². The summed E-state index contributed by atoms with van der Waals surface area (Å²) in [5.41, 5.74) is 0.717. The molecule has 1 aromatic heterocycles. The first-order valence-electron chi connectivity index (χ1n) is 5.51. The Hall–Kier alpha value is -1.42. The van der Waals surface area contributed by atoms with Crippen molar-refractivity contribution in [3.05, 3.63) is 41.7 Å². The average molecular weight is 254 g/mol. The van der Waals surface area contributed by atoms with E-state index in [0.29, 0.717) is 11.5 Å². The molecule has 0 aliphatic heterocycles. The van der Waals surface area contributed by atoms with Crippen LogP contribution in [0.4, 0.5) is 4.39 Å². The quantitative estimate of drug-likeness (QED) is 0.784. The van der Waals surface area contributed by atoms with Crippen molar-refractivity contribution in [2.24, 2.45) is 0 Å². The summed E-state index contributed by atoms with van der Waals surface area (Å²) in [4.78, 5) is 0. The van der Waals surface area contributed by atoms with Gasteiger partial charge in [-0.15, -0.1) is 21.8 Å². The summed E-state index contributed by atoms with van der Waals surface area (Å²) < 4.78 is 15.0. The Labute approximate surface area is 104 Å². The Morgan fingerprint density at radius 2 is 2.06 bits per heavy atom. The lowest BCUT2D eigenvalue weighted by molar-refractivity contribution is 0.625. The van der Waals surface area contributed by atoms with Crippen LogP contribution in [-0.4, -0.2) is 14.8 Å². The van der Waals surface area contributed by atoms with Crippen LogP contribution < -0.4 is 0 Å². The molecule has 5 heteroatoms. The zero-order chi connectivity index (χ0) is 12.3. The molecule has 0 saturated heterocycles. The average Bonchev–Trinajstić information content (AvgIpc) is 2.72. The van der Waals surface area contributed by atoms with Crippen molar-refractivity contribution in [3.63, 3.8) is 0 Å². The second-order valence-corrected chi connectivity index (χ2v) is 4.00. The maximum absolute atomic E-state index is 13.2. The Morgan fingerprint density at radius 1 is 1.29 bits per heavy atom. The van der Waals surface area contributed by atoms with Crippen molar-refractivity contribution < 1.29 is 4.39 Å². The number of alkyl halides is 1. The van der Waals surface area contributed by atoms with Gasteiger partial charge in [0.25, 0.3) is 0 Å². The third-order valence-electron chi connectivity index (χ3n) is 2.46. The van der Waals surface area contributed by atoms with Crippen LogP contribution in [0.1, 0.15) is 25.0 Å². The van der Waals surface area contributed by atoms with Gasteiger partial charge in [-0.2, -0.15) is 0 Å². The summed E-state index contributed by atoms with van der Waals surface area (Å²) in [5, 5.41) is 8.11. The van der Waals surface area contributed by atoms with Crippen LogP contribution in [0, 0.1) is 5.82 Å². The first-order valence-corrected chi connectivity index (χ1v) is 6.04. The van der Waals surface area contributed by atoms with Gasteiger partial charge in [-0.3, -0.25) is 4.57 Å². The van der Waals surface area contributed by atoms with Crippen LogP contribution in [0.3, 0.4) is 0 Å². The number of rotatable bonds is 4. The summed E-state index contributed by atoms with van der Waals surface area (Å²) in [6.07, 6.45) is 1.75. The predicted molar refractivity (Wildman–Crippen MR) is 64.9 cm³/mol. The Morgan fingerprint density at radius 3 is 2.71 bits per heavy atom. The highest BCUT2D eigenvalue weighted by molar-refractivity contribution is 6.16. The van der Waals surface area contributed by atoms with E-state index < -0.39 is 0 Å². The van der Waals surface area contributed by atoms with E-state index in [9.17, 15) is 4.39 Å². The van der Waals surface area contributed by atoms with Crippen LogP contribution in [0.15, 0.2) is 24.3 Å². The fraction of sp³-hybridized carbons (Fsp3) is 0.333. The highest BCUT2D eigenvalue weighted by Crippen LogP contribution is 2.16. The van der Waals surface area contributed by atoms with E-state index in [2.05, 4.69) is 17.1 Å². The molecule has 0 unspecified atom stereocenters. The van der Waals surface area contributed by atoms with Gasteiger partial charge in [-0.25, -0.2) is 4.39 Å². The number of hydrogen-bond acceptors (Lipinski definition) is 2. The van der Waals surface area contributed by atoms with Crippen molar-refractivity contribution in [2.75, 3.05) is 0 Å². The van der Waals surface area contributed by atoms with Crippen molar-refractivity contribution in [2.45, 2.75) is 25.6 Å². The number of hydrogen-bond donors (Lipinski definition) is 0. The molecule has 0 aliphatic carbocycles. The normalized spacial score (nSPS) is 10.8. The molecule has 1 aromatic carbocycles. The molecule has 2 aromatic rings. The van der Waals surface area contributed by atoms with E-state index in [1.807, 2.05) is 10.6 Å². The Balaban J connectivity index is 2.51. The second-order valence-electron chi connectivity index (χ2n) is 3.73. The van der Waals surface area contributed by atoms with Crippen LogP contribution in [0.2, 0.25) is 0 Å². The third kappa shape index (κ3) is 2.47. The van der Waals surface area contributed by atoms with Crippen molar-refractivity contribution in [1.29, 1.82) is 0 Å². The van der Waals surface area contributed by atoms with E-state index in [4.69, 9.17) is 11.6 Å². The summed E-state index contributed by atoms with van der Waals surface area (Å²) in [6, 6.07) is 6.35. The molecule has 0 atom stereocenters. The molecule has 0 amide bonds. The van der Waals surface area contributed by atoms with Gasteiger partial charge in [0.2, 0.25) is 0 Å². The van der Waals surface area contributed by atoms with Crippen LogP contribution in [0.5, 0.6) is 0 Å². The lowest BCUT2D eigenvalue weighted by Gasteiger charge is -2.08. The molecule has 0 saturated carbocycles. The number of benzene rings is 1. The highest BCUT2D eigenvalue weighted by atomic mass is 35.5. The molecule has 90 valence electrons. The molecule has 2 rings (SSSR count). The fourth-order valence-electron chi connectivity index (χ4n) is 1.74. The van der Waals surface area contributed by atoms with Gasteiger partial charge < -0.3 is 0 Å². The minimum atomic E-state index is -0.279. The van der Waals surface area contributed by atoms with Crippen molar-refractivity contribution in [1.82, 2.24) is 14.8 Å². The first kappa shape index (κ1) is 12.0. The van der Waals surface area contributed by atoms with Gasteiger partial charge in [0.15, 0.2) is 5.82 Å². The fourth-order valence-corrected chi connectivity index (χ4v) is 1.91. The van der Waals surface area contributed by atoms with E-state index in [0.717, 1.165) is 18.7 Å². The molecule has 0 radical (unpaired) electrons. The summed E-state index contributed by atoms with van der Waals surface area (Å²) in [6.45, 7) is 2.06. The first-order chi connectivity index (χ1) is 8.26. The molecule has 1 heterocycles. The predicted octanol–water partition coefficient (Wildman–Crippen LogP) is 3.10. The molecule has 0 fully saturated rings. The zero-order valence-corrected chi connectivity index (χ0v) is 10.3. The minimum Gasteiger partial charge on any atom is -0.282 e. The van der Waals surface area contributed by atoms with Gasteiger partial charge in [0.05, 0.1) is 11.6 Å². The highest BCUT2D eigenvalue weighted by Gasteiger charge is 2.12. The lowest BCUT2D eigenvalue weighted by Crippen LogP contribution is -2.04. The van der Waals surface area contributed by atoms with Crippen molar-refractivity contribution in [3.8, 4) is 5.69 Å². The van der Waals surface area contributed by atoms with E-state index in [-0.39, 0.29) is 11.7 Å². The summed E-state index contributed by atoms with van der Waals surface area (Å²) >= 11 is 5.82. The van der Waals surface area contributed by atoms with Gasteiger partial charge in [-0.05, 0) is 24.6 Å². The molecule has 0 aliphatic rings. The molecular formula is C12H13ClFN3. The minimum absolute atomic E-state index is 0.257. The van der Waals surface area contributed by atoms with Crippen LogP contribution >= 0.6 is 11.6 Å². The molecule has 0 bridgehead atoms. The van der Waals surface area contributed by atoms with Crippen LogP contribution in [0.25, 0.3) is 5.69 Å². The SMILES string of the molecule is CCCc1nnc(CCl)n1-c1cccc(F)c1. The largest absolute Gasteiger partial charge is 0.282 e. The van der Waals surface area contributed by atoms with E-state index >= 15 is 0 Å². The van der Waals surface area contributed by atoms with E-state index in [1.54, 1.807) is 6.07 Å². The summed E-state index contributed by atoms with van der Waals surface area (Å²) in [5.74, 6) is 1.43. The Kier molecular flexibility index (Phi) is 3.74. The molecule has 17 heavy (non-hydrogen) atoms. The lowest BCUT2D eigenvalue weighted by atomic mass is 10.2. The summed E-state index contributed by atoms with van der Waals surface area (Å²) in [7, 11) is 0. The monoisotopic (exact) mass is 253 g/mol. The smallest absolute Gasteiger partial charge is 0.152 e. The second kappa shape index (κ2) is 5.27. The van der Waals surface area contributed by atoms with E-state index in [1.165, 1.54) is 12.1 Å². The number of aromatic nitrogens is 3. The topological polar surface area (TPSA) is 30.7 Å². The zero-order valence-electron chi connectivity index (χ0n) is 9.53. The van der Waals surface area contributed by atoms with Gasteiger partial charge in [0.1, 0.15) is 11.6 Å². The maximum Gasteiger partial charge on any atom is 0.152 e. The van der Waals surface area contributed by atoms with Crippen LogP contribution in [-0.2, 0) is 12.3 Å². The number of aryl methyl sites for hydroxylation is 1.